The summed E-state index contributed by atoms with van der Waals surface area (Å²) in [5, 5.41) is 0. The molecule has 0 spiro atoms. The van der Waals surface area contributed by atoms with E-state index in [-0.39, 0.29) is 12.1 Å². The molecule has 108 valence electrons. The van der Waals surface area contributed by atoms with Gasteiger partial charge in [0.1, 0.15) is 0 Å². The summed E-state index contributed by atoms with van der Waals surface area (Å²) in [6.45, 7) is 4.24. The summed E-state index contributed by atoms with van der Waals surface area (Å²) in [5.41, 5.74) is 7.46. The topological polar surface area (TPSA) is 32.5 Å². The van der Waals surface area contributed by atoms with Crippen LogP contribution in [-0.2, 0) is 0 Å². The van der Waals surface area contributed by atoms with Crippen LogP contribution in [0.1, 0.15) is 24.9 Å². The molecule has 19 heavy (non-hydrogen) atoms. The van der Waals surface area contributed by atoms with Gasteiger partial charge in [-0.15, -0.1) is 0 Å². The molecule has 0 radical (unpaired) electrons. The van der Waals surface area contributed by atoms with Gasteiger partial charge in [0, 0.05) is 16.6 Å². The molecule has 0 saturated heterocycles. The van der Waals surface area contributed by atoms with E-state index >= 15 is 0 Å². The molecular weight excluding hydrogens is 302 g/mol. The SMILES string of the molecule is CC(N)C(c1ccc(Br)cc1)N(C)CCCN(C)C. The van der Waals surface area contributed by atoms with Gasteiger partial charge < -0.3 is 10.6 Å². The number of likely N-dealkylation sites (N-methyl/N-ethyl adjacent to an activating group) is 1. The quantitative estimate of drug-likeness (QED) is 0.835. The number of nitrogens with zero attached hydrogens (tertiary/aromatic N) is 2. The van der Waals surface area contributed by atoms with Gasteiger partial charge in [0.25, 0.3) is 0 Å². The second kappa shape index (κ2) is 8.00. The highest BCUT2D eigenvalue weighted by atomic mass is 79.9. The van der Waals surface area contributed by atoms with Crippen molar-refractivity contribution >= 4 is 15.9 Å². The number of nitrogens with two attached hydrogens (primary N) is 1. The molecule has 4 heteroatoms. The highest BCUT2D eigenvalue weighted by Crippen LogP contribution is 2.24. The molecule has 0 bridgehead atoms. The van der Waals surface area contributed by atoms with Crippen molar-refractivity contribution in [2.75, 3.05) is 34.2 Å². The molecule has 0 aliphatic carbocycles. The Morgan fingerprint density at radius 3 is 2.16 bits per heavy atom. The number of hydrogen-bond donors (Lipinski definition) is 1. The lowest BCUT2D eigenvalue weighted by atomic mass is 9.99. The van der Waals surface area contributed by atoms with Crippen LogP contribution < -0.4 is 5.73 Å². The molecular formula is C15H26BrN3. The third-order valence-corrected chi connectivity index (χ3v) is 3.83. The highest BCUT2D eigenvalue weighted by molar-refractivity contribution is 9.10. The first kappa shape index (κ1) is 16.6. The molecule has 3 nitrogen and oxygen atoms in total. The number of hydrogen-bond acceptors (Lipinski definition) is 3. The minimum atomic E-state index is 0.116. The largest absolute Gasteiger partial charge is 0.326 e. The van der Waals surface area contributed by atoms with E-state index in [2.05, 4.69) is 78.1 Å². The van der Waals surface area contributed by atoms with Crippen molar-refractivity contribution in [1.29, 1.82) is 0 Å². The van der Waals surface area contributed by atoms with E-state index < -0.39 is 0 Å². The number of rotatable bonds is 7. The van der Waals surface area contributed by atoms with Crippen molar-refractivity contribution < 1.29 is 0 Å². The van der Waals surface area contributed by atoms with Crippen LogP contribution in [0.15, 0.2) is 28.7 Å². The minimum absolute atomic E-state index is 0.116. The first-order valence-corrected chi connectivity index (χ1v) is 7.57. The van der Waals surface area contributed by atoms with E-state index in [0.29, 0.717) is 0 Å². The van der Waals surface area contributed by atoms with Crippen molar-refractivity contribution in [1.82, 2.24) is 9.80 Å². The fourth-order valence-electron chi connectivity index (χ4n) is 2.39. The van der Waals surface area contributed by atoms with E-state index in [0.717, 1.165) is 24.0 Å². The van der Waals surface area contributed by atoms with Gasteiger partial charge in [0.15, 0.2) is 0 Å². The van der Waals surface area contributed by atoms with Crippen LogP contribution in [0.4, 0.5) is 0 Å². The third-order valence-electron chi connectivity index (χ3n) is 3.30. The Morgan fingerprint density at radius 1 is 1.11 bits per heavy atom. The Morgan fingerprint density at radius 2 is 1.68 bits per heavy atom. The smallest absolute Gasteiger partial charge is 0.0493 e. The lowest BCUT2D eigenvalue weighted by Gasteiger charge is -2.32. The third kappa shape index (κ3) is 5.61. The van der Waals surface area contributed by atoms with Gasteiger partial charge in [-0.2, -0.15) is 0 Å². The van der Waals surface area contributed by atoms with E-state index in [1.54, 1.807) is 0 Å². The van der Waals surface area contributed by atoms with Crippen molar-refractivity contribution in [2.45, 2.75) is 25.4 Å². The van der Waals surface area contributed by atoms with E-state index in [1.807, 2.05) is 0 Å². The molecule has 2 unspecified atom stereocenters. The van der Waals surface area contributed by atoms with Gasteiger partial charge in [-0.25, -0.2) is 0 Å². The Bertz CT molecular complexity index is 362. The summed E-state index contributed by atoms with van der Waals surface area (Å²) < 4.78 is 1.11. The van der Waals surface area contributed by atoms with E-state index in [1.165, 1.54) is 5.56 Å². The molecule has 0 saturated carbocycles. The van der Waals surface area contributed by atoms with Gasteiger partial charge in [-0.1, -0.05) is 28.1 Å². The average Bonchev–Trinajstić information content (AvgIpc) is 2.31. The van der Waals surface area contributed by atoms with Gasteiger partial charge in [-0.3, -0.25) is 4.90 Å². The Labute approximate surface area is 125 Å². The zero-order chi connectivity index (χ0) is 14.4. The maximum absolute atomic E-state index is 6.18. The van der Waals surface area contributed by atoms with Gasteiger partial charge in [0.2, 0.25) is 0 Å². The molecule has 0 aliphatic heterocycles. The van der Waals surface area contributed by atoms with Crippen molar-refractivity contribution in [3.05, 3.63) is 34.3 Å². The normalized spacial score (nSPS) is 14.9. The summed E-state index contributed by atoms with van der Waals surface area (Å²) in [4.78, 5) is 4.58. The lowest BCUT2D eigenvalue weighted by molar-refractivity contribution is 0.208. The van der Waals surface area contributed by atoms with Crippen LogP contribution in [0.2, 0.25) is 0 Å². The molecule has 0 aromatic heterocycles. The molecule has 0 fully saturated rings. The van der Waals surface area contributed by atoms with Gasteiger partial charge in [-0.05, 0) is 65.3 Å². The Hall–Kier alpha value is -0.420. The predicted molar refractivity (Wildman–Crippen MR) is 86.3 cm³/mol. The highest BCUT2D eigenvalue weighted by Gasteiger charge is 2.20. The van der Waals surface area contributed by atoms with Crippen LogP contribution in [0.5, 0.6) is 0 Å². The zero-order valence-corrected chi connectivity index (χ0v) is 14.0. The second-order valence-electron chi connectivity index (χ2n) is 5.49. The molecule has 0 heterocycles. The maximum atomic E-state index is 6.18. The minimum Gasteiger partial charge on any atom is -0.326 e. The first-order valence-electron chi connectivity index (χ1n) is 6.78. The first-order chi connectivity index (χ1) is 8.91. The fourth-order valence-corrected chi connectivity index (χ4v) is 2.66. The van der Waals surface area contributed by atoms with Crippen LogP contribution in [-0.4, -0.2) is 50.1 Å². The van der Waals surface area contributed by atoms with Crippen LogP contribution >= 0.6 is 15.9 Å². The summed E-state index contributed by atoms with van der Waals surface area (Å²) in [6.07, 6.45) is 1.16. The standard InChI is InChI=1S/C15H26BrN3/c1-12(17)15(13-6-8-14(16)9-7-13)19(4)11-5-10-18(2)3/h6-9,12,15H,5,10-11,17H2,1-4H3. The summed E-state index contributed by atoms with van der Waals surface area (Å²) in [6, 6.07) is 8.86. The molecule has 0 amide bonds. The molecule has 1 aromatic carbocycles. The number of benzene rings is 1. The lowest BCUT2D eigenvalue weighted by Crippen LogP contribution is -2.38. The maximum Gasteiger partial charge on any atom is 0.0493 e. The van der Waals surface area contributed by atoms with Gasteiger partial charge in [0.05, 0.1) is 0 Å². The molecule has 2 atom stereocenters. The fraction of sp³-hybridized carbons (Fsp3) is 0.600. The summed E-state index contributed by atoms with van der Waals surface area (Å²) >= 11 is 3.48. The Kier molecular flexibility index (Phi) is 7.00. The second-order valence-corrected chi connectivity index (χ2v) is 6.41. The van der Waals surface area contributed by atoms with E-state index in [9.17, 15) is 0 Å². The monoisotopic (exact) mass is 327 g/mol. The van der Waals surface area contributed by atoms with Crippen molar-refractivity contribution in [3.63, 3.8) is 0 Å². The predicted octanol–water partition coefficient (Wildman–Crippen LogP) is 2.72. The summed E-state index contributed by atoms with van der Waals surface area (Å²) in [5.74, 6) is 0. The van der Waals surface area contributed by atoms with Crippen LogP contribution in [0.25, 0.3) is 0 Å². The average molecular weight is 328 g/mol. The summed E-state index contributed by atoms with van der Waals surface area (Å²) in [7, 11) is 6.38. The molecule has 1 aromatic rings. The zero-order valence-electron chi connectivity index (χ0n) is 12.4. The van der Waals surface area contributed by atoms with Crippen molar-refractivity contribution in [3.8, 4) is 0 Å². The van der Waals surface area contributed by atoms with Crippen molar-refractivity contribution in [2.24, 2.45) is 5.73 Å². The van der Waals surface area contributed by atoms with Crippen LogP contribution in [0, 0.1) is 0 Å². The molecule has 1 rings (SSSR count). The number of halogens is 1. The molecule has 0 aliphatic rings. The van der Waals surface area contributed by atoms with Crippen LogP contribution in [0.3, 0.4) is 0 Å². The Balaban J connectivity index is 2.68. The van der Waals surface area contributed by atoms with Gasteiger partial charge >= 0.3 is 0 Å². The molecule has 2 N–H and O–H groups in total. The van der Waals surface area contributed by atoms with E-state index in [4.69, 9.17) is 5.73 Å².